The molecule has 0 aliphatic heterocycles. The number of imidazole rings is 1. The van der Waals surface area contributed by atoms with E-state index in [1.165, 1.54) is 17.3 Å². The molecule has 1 heterocycles. The molecule has 29 heavy (non-hydrogen) atoms. The molecule has 1 rings (SSSR count). The third-order valence-electron chi connectivity index (χ3n) is 2.45. The van der Waals surface area contributed by atoms with Crippen molar-refractivity contribution in [3.05, 3.63) is 51.0 Å². The molecular weight excluding hydrogens is 364 g/mol. The number of nitrogens with one attached hydrogen (secondary N) is 1. The second-order valence-electron chi connectivity index (χ2n) is 3.86. The Kier molecular flexibility index (Phi) is 41.7. The van der Waals surface area contributed by atoms with Crippen LogP contribution >= 0.6 is 0 Å². The highest BCUT2D eigenvalue weighted by atomic mass is 16.2. The summed E-state index contributed by atoms with van der Waals surface area (Å²) < 4.78 is 1.63. The van der Waals surface area contributed by atoms with Gasteiger partial charge in [-0.15, -0.1) is 19.7 Å². The first-order valence-electron chi connectivity index (χ1n) is 9.91. The van der Waals surface area contributed by atoms with Crippen molar-refractivity contribution in [2.75, 3.05) is 18.5 Å². The van der Waals surface area contributed by atoms with Crippen molar-refractivity contribution in [1.29, 1.82) is 0 Å². The van der Waals surface area contributed by atoms with Crippen LogP contribution in [-0.4, -0.2) is 35.5 Å². The first kappa shape index (κ1) is 36.9. The van der Waals surface area contributed by atoms with E-state index >= 15 is 0 Å². The van der Waals surface area contributed by atoms with E-state index in [-0.39, 0.29) is 18.9 Å². The first-order valence-corrected chi connectivity index (χ1v) is 9.91. The number of allylic oxidation sites excluding steroid dienone is 1. The average Bonchev–Trinajstić information content (AvgIpc) is 3.23. The summed E-state index contributed by atoms with van der Waals surface area (Å²) in [6.07, 6.45) is 7.27. The molecule has 0 spiro atoms. The van der Waals surface area contributed by atoms with E-state index in [2.05, 4.69) is 43.2 Å². The molecule has 0 unspecified atom stereocenters. The van der Waals surface area contributed by atoms with Crippen LogP contribution in [0.3, 0.4) is 0 Å². The van der Waals surface area contributed by atoms with Crippen LogP contribution in [0.15, 0.2) is 45.2 Å². The van der Waals surface area contributed by atoms with Crippen molar-refractivity contribution in [2.24, 2.45) is 0 Å². The van der Waals surface area contributed by atoms with Crippen LogP contribution in [0.2, 0.25) is 0 Å². The molecule has 0 atom stereocenters. The largest absolute Gasteiger partial charge is 0.359 e. The molecule has 0 aliphatic carbocycles. The Morgan fingerprint density at radius 3 is 1.90 bits per heavy atom. The van der Waals surface area contributed by atoms with Crippen LogP contribution in [-0.2, 0) is 9.59 Å². The van der Waals surface area contributed by atoms with E-state index in [0.29, 0.717) is 18.1 Å². The second kappa shape index (κ2) is 32.8. The van der Waals surface area contributed by atoms with E-state index in [4.69, 9.17) is 0 Å². The summed E-state index contributed by atoms with van der Waals surface area (Å²) in [6.45, 7) is 30.8. The maximum absolute atomic E-state index is 11.2. The predicted molar refractivity (Wildman–Crippen MR) is 132 cm³/mol. The summed E-state index contributed by atoms with van der Waals surface area (Å²) in [5, 5.41) is 2.50. The summed E-state index contributed by atoms with van der Waals surface area (Å²) in [6, 6.07) is 0. The molecule has 0 bridgehead atoms. The Morgan fingerprint density at radius 2 is 1.59 bits per heavy atom. The zero-order chi connectivity index (χ0) is 24.3. The summed E-state index contributed by atoms with van der Waals surface area (Å²) in [7, 11) is 1.55. The quantitative estimate of drug-likeness (QED) is 0.458. The number of carbonyl (C=O) groups is 2. The van der Waals surface area contributed by atoms with E-state index in [0.717, 1.165) is 0 Å². The molecular formula is C23H44N4O2. The fourth-order valence-corrected chi connectivity index (χ4v) is 1.48. The van der Waals surface area contributed by atoms with E-state index in [1.807, 2.05) is 48.5 Å². The maximum Gasteiger partial charge on any atom is 0.221 e. The normalized spacial score (nSPS) is 7.17. The highest BCUT2D eigenvalue weighted by Gasteiger charge is 2.13. The molecule has 0 saturated heterocycles. The molecule has 0 aliphatic rings. The lowest BCUT2D eigenvalue weighted by Crippen LogP contribution is -2.29. The number of hydrogen-bond acceptors (Lipinski definition) is 3. The summed E-state index contributed by atoms with van der Waals surface area (Å²) in [4.78, 5) is 27.7. The van der Waals surface area contributed by atoms with E-state index < -0.39 is 0 Å². The number of hydrogen-bond donors (Lipinski definition) is 1. The fourth-order valence-electron chi connectivity index (χ4n) is 1.48. The summed E-state index contributed by atoms with van der Waals surface area (Å²) in [5.41, 5.74) is 0. The van der Waals surface area contributed by atoms with Gasteiger partial charge in [-0.2, -0.15) is 0 Å². The third kappa shape index (κ3) is 18.2. The van der Waals surface area contributed by atoms with Gasteiger partial charge in [0.05, 0.1) is 6.20 Å². The van der Waals surface area contributed by atoms with Gasteiger partial charge in [0, 0.05) is 26.2 Å². The van der Waals surface area contributed by atoms with Gasteiger partial charge in [-0.05, 0) is 13.0 Å². The lowest BCUT2D eigenvalue weighted by molar-refractivity contribution is -0.120. The Hall–Kier alpha value is -2.89. The van der Waals surface area contributed by atoms with Crippen LogP contribution in [0.1, 0.15) is 60.7 Å². The molecule has 1 N–H and O–H groups in total. The molecule has 6 heteroatoms. The van der Waals surface area contributed by atoms with Gasteiger partial charge in [-0.3, -0.25) is 19.1 Å². The average molecular weight is 409 g/mol. The third-order valence-corrected chi connectivity index (χ3v) is 2.45. The lowest BCUT2D eigenvalue weighted by Gasteiger charge is -2.17. The summed E-state index contributed by atoms with van der Waals surface area (Å²) >= 11 is 0. The smallest absolute Gasteiger partial charge is 0.221 e. The van der Waals surface area contributed by atoms with E-state index in [1.54, 1.807) is 23.8 Å². The minimum absolute atomic E-state index is 0.129. The predicted octanol–water partition coefficient (Wildman–Crippen LogP) is 5.80. The zero-order valence-electron chi connectivity index (χ0n) is 20.0. The van der Waals surface area contributed by atoms with Crippen molar-refractivity contribution < 1.29 is 9.59 Å². The standard InChI is InChI=1S/C12H16N4O2.C3H6.3C2H6.C2H4/c1-4-10-14-8-12(16(10)5-2)15(9-17)7-6-11(18)13-3;1-3-2;4*1-2/h4-5,8-9H,1-2,6-7H2,3H3,(H,13,18);3H,1H2,2H3;3*1-2H3;1-2H2. The number of carbonyl (C=O) groups excluding carboxylic acids is 2. The van der Waals surface area contributed by atoms with Gasteiger partial charge in [0.2, 0.25) is 12.3 Å². The van der Waals surface area contributed by atoms with Crippen LogP contribution in [0.4, 0.5) is 5.82 Å². The van der Waals surface area contributed by atoms with Gasteiger partial charge in [0.15, 0.2) is 0 Å². The maximum atomic E-state index is 11.2. The zero-order valence-corrected chi connectivity index (χ0v) is 20.0. The summed E-state index contributed by atoms with van der Waals surface area (Å²) in [5.74, 6) is 1.01. The van der Waals surface area contributed by atoms with Crippen LogP contribution in [0.5, 0.6) is 0 Å². The van der Waals surface area contributed by atoms with Crippen molar-refractivity contribution in [2.45, 2.75) is 54.9 Å². The minimum atomic E-state index is -0.129. The number of amides is 2. The van der Waals surface area contributed by atoms with Gasteiger partial charge in [0.25, 0.3) is 0 Å². The second-order valence-corrected chi connectivity index (χ2v) is 3.86. The van der Waals surface area contributed by atoms with Gasteiger partial charge in [0.1, 0.15) is 11.6 Å². The molecule has 168 valence electrons. The van der Waals surface area contributed by atoms with Gasteiger partial charge >= 0.3 is 0 Å². The minimum Gasteiger partial charge on any atom is -0.359 e. The van der Waals surface area contributed by atoms with Gasteiger partial charge in [-0.1, -0.05) is 60.8 Å². The van der Waals surface area contributed by atoms with E-state index in [9.17, 15) is 9.59 Å². The topological polar surface area (TPSA) is 67.2 Å². The molecule has 6 nitrogen and oxygen atoms in total. The van der Waals surface area contributed by atoms with Crippen molar-refractivity contribution >= 4 is 30.4 Å². The number of aromatic nitrogens is 2. The highest BCUT2D eigenvalue weighted by Crippen LogP contribution is 2.17. The molecule has 0 fully saturated rings. The Labute approximate surface area is 179 Å². The van der Waals surface area contributed by atoms with Gasteiger partial charge in [-0.25, -0.2) is 4.98 Å². The van der Waals surface area contributed by atoms with Crippen LogP contribution < -0.4 is 10.2 Å². The molecule has 0 radical (unpaired) electrons. The fraction of sp³-hybridized carbons (Fsp3) is 0.435. The lowest BCUT2D eigenvalue weighted by atomic mass is 10.3. The molecule has 0 aromatic carbocycles. The van der Waals surface area contributed by atoms with Crippen molar-refractivity contribution in [3.63, 3.8) is 0 Å². The highest BCUT2D eigenvalue weighted by molar-refractivity contribution is 5.79. The SMILES string of the molecule is C=C.C=CC.C=Cc1ncc(N(C=O)CCC(=O)NC)n1C=C.CC.CC.CC. The molecule has 0 saturated carbocycles. The molecule has 1 aromatic heterocycles. The Morgan fingerprint density at radius 1 is 1.14 bits per heavy atom. The van der Waals surface area contributed by atoms with Gasteiger partial charge < -0.3 is 5.32 Å². The van der Waals surface area contributed by atoms with Crippen LogP contribution in [0.25, 0.3) is 12.3 Å². The van der Waals surface area contributed by atoms with Crippen molar-refractivity contribution in [1.82, 2.24) is 14.9 Å². The Bertz CT molecular complexity index is 523. The number of nitrogens with zero attached hydrogens (tertiary/aromatic N) is 3. The Balaban J connectivity index is -0.000000149. The first-order chi connectivity index (χ1) is 14.1. The molecule has 2 amide bonds. The molecule has 1 aromatic rings. The number of rotatable bonds is 7. The van der Waals surface area contributed by atoms with Crippen molar-refractivity contribution in [3.8, 4) is 0 Å². The monoisotopic (exact) mass is 408 g/mol. The van der Waals surface area contributed by atoms with Crippen LogP contribution in [0, 0.1) is 0 Å². The number of anilines is 1.